The van der Waals surface area contributed by atoms with Gasteiger partial charge in [-0.25, -0.2) is 19.2 Å². The fourth-order valence-corrected chi connectivity index (χ4v) is 5.35. The SMILES string of the molecule is CC(C)(C)OC(=O)NC(CC(=O)N1CCc2c(nc(-c3ccsc3)nc2C(F)(F)F)C1)CN1C(=O)CC[C@H](F)C1O. The van der Waals surface area contributed by atoms with Crippen LogP contribution in [0, 0.1) is 0 Å². The van der Waals surface area contributed by atoms with Crippen molar-refractivity contribution >= 4 is 29.2 Å². The van der Waals surface area contributed by atoms with Gasteiger partial charge in [-0.2, -0.15) is 24.5 Å². The standard InChI is InChI=1S/C26H31F4N5O5S/c1-25(2,3)40-24(39)31-15(11-35-19(36)5-4-17(27)23(35)38)10-20(37)34-8-6-16-18(12-34)32-22(14-7-9-41-13-14)33-21(16)26(28,29)30/h7,9,13,15,17,23,38H,4-6,8,10-12H2,1-3H3,(H,31,39)/t15?,17-,23?/m0/s1. The van der Waals surface area contributed by atoms with E-state index in [4.69, 9.17) is 4.74 Å². The molecule has 3 atom stereocenters. The maximum Gasteiger partial charge on any atom is 0.433 e. The highest BCUT2D eigenvalue weighted by molar-refractivity contribution is 7.08. The first-order valence-electron chi connectivity index (χ1n) is 13.0. The number of amides is 3. The maximum atomic E-state index is 14.2. The summed E-state index contributed by atoms with van der Waals surface area (Å²) in [6, 6.07) is 0.518. The van der Waals surface area contributed by atoms with E-state index in [0.717, 1.165) is 4.90 Å². The van der Waals surface area contributed by atoms with E-state index < -0.39 is 60.2 Å². The Morgan fingerprint density at radius 2 is 1.98 bits per heavy atom. The molecule has 0 bridgehead atoms. The third kappa shape index (κ3) is 7.50. The Kier molecular flexibility index (Phi) is 8.87. The van der Waals surface area contributed by atoms with Crippen LogP contribution >= 0.6 is 11.3 Å². The maximum absolute atomic E-state index is 14.2. The number of alkyl halides is 4. The molecule has 0 saturated carbocycles. The predicted molar refractivity (Wildman–Crippen MR) is 139 cm³/mol. The van der Waals surface area contributed by atoms with Crippen LogP contribution in [0.5, 0.6) is 0 Å². The number of likely N-dealkylation sites (tertiary alicyclic amines) is 1. The van der Waals surface area contributed by atoms with E-state index in [1.165, 1.54) is 16.2 Å². The molecule has 41 heavy (non-hydrogen) atoms. The number of hydrogen-bond acceptors (Lipinski definition) is 8. The molecule has 2 aromatic heterocycles. The lowest BCUT2D eigenvalue weighted by Gasteiger charge is -2.37. The quantitative estimate of drug-likeness (QED) is 0.484. The normalized spacial score (nSPS) is 20.4. The fraction of sp³-hybridized carbons (Fsp3) is 0.577. The minimum absolute atomic E-state index is 0.0617. The third-order valence-electron chi connectivity index (χ3n) is 6.62. The van der Waals surface area contributed by atoms with Gasteiger partial charge < -0.3 is 25.0 Å². The number of nitrogens with zero attached hydrogens (tertiary/aromatic N) is 4. The number of ether oxygens (including phenoxy) is 1. The van der Waals surface area contributed by atoms with Crippen LogP contribution in [0.4, 0.5) is 22.4 Å². The van der Waals surface area contributed by atoms with Gasteiger partial charge in [0, 0.05) is 42.4 Å². The van der Waals surface area contributed by atoms with Crippen molar-refractivity contribution in [2.75, 3.05) is 13.1 Å². The highest BCUT2D eigenvalue weighted by atomic mass is 32.1. The number of alkyl carbamates (subject to hydrolysis) is 1. The average molecular weight is 602 g/mol. The molecule has 2 N–H and O–H groups in total. The van der Waals surface area contributed by atoms with E-state index in [2.05, 4.69) is 15.3 Å². The van der Waals surface area contributed by atoms with Crippen LogP contribution in [-0.4, -0.2) is 79.9 Å². The number of aromatic nitrogens is 2. The summed E-state index contributed by atoms with van der Waals surface area (Å²) >= 11 is 1.28. The van der Waals surface area contributed by atoms with Gasteiger partial charge in [-0.1, -0.05) is 0 Å². The first-order chi connectivity index (χ1) is 19.1. The number of aliphatic hydroxyl groups is 1. The number of rotatable bonds is 6. The molecule has 0 radical (unpaired) electrons. The molecule has 1 fully saturated rings. The molecule has 0 spiro atoms. The Labute approximate surface area is 237 Å². The monoisotopic (exact) mass is 601 g/mol. The molecular weight excluding hydrogens is 570 g/mol. The van der Waals surface area contributed by atoms with Gasteiger partial charge >= 0.3 is 12.3 Å². The Hall–Kier alpha value is -3.33. The zero-order chi connectivity index (χ0) is 30.1. The van der Waals surface area contributed by atoms with Gasteiger partial charge in [-0.05, 0) is 45.1 Å². The topological polar surface area (TPSA) is 125 Å². The van der Waals surface area contributed by atoms with Crippen molar-refractivity contribution in [2.24, 2.45) is 0 Å². The van der Waals surface area contributed by atoms with E-state index in [1.807, 2.05) is 0 Å². The summed E-state index contributed by atoms with van der Waals surface area (Å²) in [4.78, 5) is 48.6. The zero-order valence-electron chi connectivity index (χ0n) is 22.7. The van der Waals surface area contributed by atoms with Crippen LogP contribution in [-0.2, 0) is 33.5 Å². The van der Waals surface area contributed by atoms with Crippen LogP contribution in [0.2, 0.25) is 0 Å². The molecule has 2 unspecified atom stereocenters. The van der Waals surface area contributed by atoms with Crippen molar-refractivity contribution in [3.05, 3.63) is 33.8 Å². The van der Waals surface area contributed by atoms with Gasteiger partial charge in [0.1, 0.15) is 11.8 Å². The molecule has 4 heterocycles. The highest BCUT2D eigenvalue weighted by Crippen LogP contribution is 2.35. The second-order valence-corrected chi connectivity index (χ2v) is 11.7. The lowest BCUT2D eigenvalue weighted by molar-refractivity contribution is -0.156. The van der Waals surface area contributed by atoms with E-state index in [0.29, 0.717) is 5.56 Å². The van der Waals surface area contributed by atoms with Crippen LogP contribution in [0.1, 0.15) is 57.0 Å². The van der Waals surface area contributed by atoms with Gasteiger partial charge in [-0.15, -0.1) is 0 Å². The van der Waals surface area contributed by atoms with E-state index in [9.17, 15) is 37.1 Å². The number of thiophene rings is 1. The molecule has 2 aliphatic rings. The van der Waals surface area contributed by atoms with Crippen LogP contribution in [0.3, 0.4) is 0 Å². The second-order valence-electron chi connectivity index (χ2n) is 11.0. The molecule has 10 nitrogen and oxygen atoms in total. The van der Waals surface area contributed by atoms with E-state index in [1.54, 1.807) is 37.6 Å². The molecule has 1 saturated heterocycles. The number of fused-ring (bicyclic) bond motifs is 1. The van der Waals surface area contributed by atoms with Gasteiger partial charge in [0.15, 0.2) is 17.7 Å². The Bertz CT molecular complexity index is 1280. The second kappa shape index (κ2) is 11.9. The number of nitrogens with one attached hydrogen (secondary N) is 1. The number of carbonyl (C=O) groups is 3. The smallest absolute Gasteiger partial charge is 0.433 e. The number of carbonyl (C=O) groups excluding carboxylic acids is 3. The summed E-state index contributed by atoms with van der Waals surface area (Å²) in [7, 11) is 0. The molecule has 224 valence electrons. The molecule has 15 heteroatoms. The summed E-state index contributed by atoms with van der Waals surface area (Å²) in [5.74, 6) is -1.19. The lowest BCUT2D eigenvalue weighted by atomic mass is 10.0. The largest absolute Gasteiger partial charge is 0.444 e. The first kappa shape index (κ1) is 30.6. The van der Waals surface area contributed by atoms with Crippen molar-refractivity contribution in [2.45, 2.75) is 83.2 Å². The highest BCUT2D eigenvalue weighted by Gasteiger charge is 2.40. The Morgan fingerprint density at radius 1 is 1.24 bits per heavy atom. The zero-order valence-corrected chi connectivity index (χ0v) is 23.5. The molecule has 2 aromatic rings. The van der Waals surface area contributed by atoms with Crippen LogP contribution in [0.25, 0.3) is 11.4 Å². The summed E-state index contributed by atoms with van der Waals surface area (Å²) < 4.78 is 61.1. The molecule has 3 amide bonds. The predicted octanol–water partition coefficient (Wildman–Crippen LogP) is 3.67. The van der Waals surface area contributed by atoms with Gasteiger partial charge in [0.25, 0.3) is 0 Å². The van der Waals surface area contributed by atoms with E-state index >= 15 is 0 Å². The Balaban J connectivity index is 1.55. The summed E-state index contributed by atoms with van der Waals surface area (Å²) in [6.07, 6.45) is -9.88. The molecule has 2 aliphatic heterocycles. The fourth-order valence-electron chi connectivity index (χ4n) is 4.72. The number of aliphatic hydroxyl groups excluding tert-OH is 1. The summed E-state index contributed by atoms with van der Waals surface area (Å²) in [6.45, 7) is 4.22. The minimum Gasteiger partial charge on any atom is -0.444 e. The minimum atomic E-state index is -4.72. The van der Waals surface area contributed by atoms with Crippen molar-refractivity contribution in [1.29, 1.82) is 0 Å². The molecular formula is C26H31F4N5O5S. The summed E-state index contributed by atoms with van der Waals surface area (Å²) in [5, 5.41) is 16.1. The number of halogens is 4. The van der Waals surface area contributed by atoms with Crippen LogP contribution in [0.15, 0.2) is 16.8 Å². The van der Waals surface area contributed by atoms with Gasteiger partial charge in [-0.3, -0.25) is 9.59 Å². The van der Waals surface area contributed by atoms with Crippen molar-refractivity contribution in [3.8, 4) is 11.4 Å². The Morgan fingerprint density at radius 3 is 2.61 bits per heavy atom. The average Bonchev–Trinajstić information content (AvgIpc) is 3.41. The van der Waals surface area contributed by atoms with Crippen LogP contribution < -0.4 is 5.32 Å². The molecule has 4 rings (SSSR count). The first-order valence-corrected chi connectivity index (χ1v) is 13.9. The third-order valence-corrected chi connectivity index (χ3v) is 7.31. The summed E-state index contributed by atoms with van der Waals surface area (Å²) in [5.41, 5.74) is -1.52. The lowest BCUT2D eigenvalue weighted by Crippen LogP contribution is -2.56. The van der Waals surface area contributed by atoms with Crippen molar-refractivity contribution in [3.63, 3.8) is 0 Å². The number of piperidine rings is 1. The number of hydrogen-bond donors (Lipinski definition) is 2. The van der Waals surface area contributed by atoms with Gasteiger partial charge in [0.2, 0.25) is 11.8 Å². The molecule has 0 aliphatic carbocycles. The van der Waals surface area contributed by atoms with Crippen molar-refractivity contribution < 1.29 is 41.8 Å². The van der Waals surface area contributed by atoms with Crippen molar-refractivity contribution in [1.82, 2.24) is 25.1 Å². The molecule has 0 aromatic carbocycles. The van der Waals surface area contributed by atoms with Gasteiger partial charge in [0.05, 0.1) is 18.3 Å². The van der Waals surface area contributed by atoms with E-state index in [-0.39, 0.29) is 56.0 Å².